The summed E-state index contributed by atoms with van der Waals surface area (Å²) in [4.78, 5) is 11.4. The summed E-state index contributed by atoms with van der Waals surface area (Å²) >= 11 is 0. The third kappa shape index (κ3) is 2.23. The third-order valence-corrected chi connectivity index (χ3v) is 2.48. The Bertz CT molecular complexity index is 366. The highest BCUT2D eigenvalue weighted by Crippen LogP contribution is 2.26. The Labute approximate surface area is 95.2 Å². The van der Waals surface area contributed by atoms with Crippen LogP contribution in [0.4, 0.5) is 5.69 Å². The lowest BCUT2D eigenvalue weighted by Crippen LogP contribution is -2.16. The predicted molar refractivity (Wildman–Crippen MR) is 61.8 cm³/mol. The third-order valence-electron chi connectivity index (χ3n) is 2.48. The minimum atomic E-state index is -0.267. The first-order valence-corrected chi connectivity index (χ1v) is 4.77. The maximum atomic E-state index is 11.4. The van der Waals surface area contributed by atoms with E-state index in [2.05, 4.69) is 5.32 Å². The lowest BCUT2D eigenvalue weighted by atomic mass is 9.99. The van der Waals surface area contributed by atoms with Crippen LogP contribution < -0.4 is 5.32 Å². The Morgan fingerprint density at radius 3 is 3.00 bits per heavy atom. The molecule has 1 aromatic carbocycles. The molecular weight excluding hydrogens is 214 g/mol. The maximum absolute atomic E-state index is 11.4. The highest BCUT2D eigenvalue weighted by atomic mass is 35.5. The van der Waals surface area contributed by atoms with Crippen molar-refractivity contribution in [3.8, 4) is 0 Å². The van der Waals surface area contributed by atoms with Gasteiger partial charge in [-0.1, -0.05) is 12.1 Å². The first-order valence-electron chi connectivity index (χ1n) is 4.77. The standard InChI is InChI=1S/C11H13NO2.ClH/c1-14-11(13)9-6-2-4-8-5-3-7-12-10(8)9;/h2,4,6,12H,3,5,7H2,1H3;1H. The van der Waals surface area contributed by atoms with E-state index in [1.807, 2.05) is 12.1 Å². The Kier molecular flexibility index (Phi) is 3.97. The fourth-order valence-electron chi connectivity index (χ4n) is 1.79. The summed E-state index contributed by atoms with van der Waals surface area (Å²) in [7, 11) is 1.41. The Balaban J connectivity index is 0.00000112. The summed E-state index contributed by atoms with van der Waals surface area (Å²) < 4.78 is 4.72. The van der Waals surface area contributed by atoms with Gasteiger partial charge in [0, 0.05) is 6.54 Å². The molecule has 0 radical (unpaired) electrons. The van der Waals surface area contributed by atoms with Crippen molar-refractivity contribution in [2.24, 2.45) is 0 Å². The number of anilines is 1. The SMILES string of the molecule is COC(=O)c1cccc2c1NCCC2.Cl. The van der Waals surface area contributed by atoms with Gasteiger partial charge in [-0.3, -0.25) is 0 Å². The van der Waals surface area contributed by atoms with Crippen LogP contribution in [-0.2, 0) is 11.2 Å². The van der Waals surface area contributed by atoms with Crippen LogP contribution in [0.15, 0.2) is 18.2 Å². The van der Waals surface area contributed by atoms with Crippen LogP contribution >= 0.6 is 12.4 Å². The van der Waals surface area contributed by atoms with E-state index >= 15 is 0 Å². The number of carbonyl (C=O) groups excluding carboxylic acids is 1. The largest absolute Gasteiger partial charge is 0.465 e. The normalized spacial score (nSPS) is 13.1. The van der Waals surface area contributed by atoms with Crippen LogP contribution in [0, 0.1) is 0 Å². The first-order chi connectivity index (χ1) is 6.83. The minimum Gasteiger partial charge on any atom is -0.465 e. The van der Waals surface area contributed by atoms with E-state index < -0.39 is 0 Å². The fraction of sp³-hybridized carbons (Fsp3) is 0.364. The maximum Gasteiger partial charge on any atom is 0.339 e. The molecule has 0 bridgehead atoms. The molecule has 0 saturated carbocycles. The molecule has 1 aliphatic rings. The second kappa shape index (κ2) is 5.03. The molecule has 1 heterocycles. The Hall–Kier alpha value is -1.22. The molecule has 4 heteroatoms. The lowest BCUT2D eigenvalue weighted by molar-refractivity contribution is 0.0601. The van der Waals surface area contributed by atoms with Crippen molar-refractivity contribution in [2.75, 3.05) is 19.0 Å². The minimum absolute atomic E-state index is 0. The summed E-state index contributed by atoms with van der Waals surface area (Å²) in [5.41, 5.74) is 2.80. The number of nitrogens with one attached hydrogen (secondary N) is 1. The van der Waals surface area contributed by atoms with Gasteiger partial charge in [0.05, 0.1) is 18.4 Å². The average Bonchev–Trinajstić information content (AvgIpc) is 2.27. The number of ether oxygens (including phenoxy) is 1. The number of para-hydroxylation sites is 1. The Morgan fingerprint density at radius 2 is 2.27 bits per heavy atom. The molecule has 1 aliphatic heterocycles. The van der Waals surface area contributed by atoms with Crippen molar-refractivity contribution in [2.45, 2.75) is 12.8 Å². The molecule has 0 saturated heterocycles. The fourth-order valence-corrected chi connectivity index (χ4v) is 1.79. The van der Waals surface area contributed by atoms with Crippen molar-refractivity contribution in [3.05, 3.63) is 29.3 Å². The molecule has 3 nitrogen and oxygen atoms in total. The van der Waals surface area contributed by atoms with Gasteiger partial charge in [0.25, 0.3) is 0 Å². The predicted octanol–water partition coefficient (Wildman–Crippen LogP) is 2.25. The highest BCUT2D eigenvalue weighted by Gasteiger charge is 2.16. The molecule has 2 rings (SSSR count). The molecule has 15 heavy (non-hydrogen) atoms. The number of rotatable bonds is 1. The highest BCUT2D eigenvalue weighted by molar-refractivity contribution is 5.96. The molecule has 0 atom stereocenters. The summed E-state index contributed by atoms with van der Waals surface area (Å²) in [5.74, 6) is -0.267. The summed E-state index contributed by atoms with van der Waals surface area (Å²) in [6.07, 6.45) is 2.16. The summed E-state index contributed by atoms with van der Waals surface area (Å²) in [6.45, 7) is 0.932. The zero-order chi connectivity index (χ0) is 9.97. The topological polar surface area (TPSA) is 38.3 Å². The van der Waals surface area contributed by atoms with E-state index in [1.54, 1.807) is 6.07 Å². The summed E-state index contributed by atoms with van der Waals surface area (Å²) in [5, 5.41) is 3.25. The first kappa shape index (κ1) is 11.9. The molecule has 1 N–H and O–H groups in total. The Morgan fingerprint density at radius 1 is 1.47 bits per heavy atom. The second-order valence-corrected chi connectivity index (χ2v) is 3.36. The number of halogens is 1. The zero-order valence-electron chi connectivity index (χ0n) is 8.58. The van der Waals surface area contributed by atoms with Gasteiger partial charge in [-0.25, -0.2) is 4.79 Å². The number of esters is 1. The number of hydrogen-bond acceptors (Lipinski definition) is 3. The van der Waals surface area contributed by atoms with E-state index in [4.69, 9.17) is 4.74 Å². The van der Waals surface area contributed by atoms with Crippen LogP contribution in [0.2, 0.25) is 0 Å². The zero-order valence-corrected chi connectivity index (χ0v) is 9.39. The van der Waals surface area contributed by atoms with E-state index in [0.29, 0.717) is 5.56 Å². The molecule has 1 aromatic rings. The van der Waals surface area contributed by atoms with Crippen molar-refractivity contribution in [1.82, 2.24) is 0 Å². The van der Waals surface area contributed by atoms with Crippen LogP contribution in [0.1, 0.15) is 22.3 Å². The van der Waals surface area contributed by atoms with E-state index in [1.165, 1.54) is 12.7 Å². The van der Waals surface area contributed by atoms with Gasteiger partial charge in [-0.15, -0.1) is 12.4 Å². The van der Waals surface area contributed by atoms with E-state index in [0.717, 1.165) is 25.1 Å². The van der Waals surface area contributed by atoms with E-state index in [-0.39, 0.29) is 18.4 Å². The summed E-state index contributed by atoms with van der Waals surface area (Å²) in [6, 6.07) is 5.75. The molecule has 0 unspecified atom stereocenters. The molecular formula is C11H14ClNO2. The average molecular weight is 228 g/mol. The van der Waals surface area contributed by atoms with Crippen molar-refractivity contribution in [3.63, 3.8) is 0 Å². The van der Waals surface area contributed by atoms with Gasteiger partial charge in [0.1, 0.15) is 0 Å². The number of benzene rings is 1. The van der Waals surface area contributed by atoms with Crippen LogP contribution in [0.3, 0.4) is 0 Å². The van der Waals surface area contributed by atoms with Gasteiger partial charge in [0.2, 0.25) is 0 Å². The van der Waals surface area contributed by atoms with Crippen molar-refractivity contribution >= 4 is 24.1 Å². The van der Waals surface area contributed by atoms with Crippen molar-refractivity contribution in [1.29, 1.82) is 0 Å². The quantitative estimate of drug-likeness (QED) is 0.748. The molecule has 82 valence electrons. The lowest BCUT2D eigenvalue weighted by Gasteiger charge is -2.19. The molecule has 0 amide bonds. The van der Waals surface area contributed by atoms with Crippen LogP contribution in [0.25, 0.3) is 0 Å². The van der Waals surface area contributed by atoms with Crippen LogP contribution in [0.5, 0.6) is 0 Å². The monoisotopic (exact) mass is 227 g/mol. The second-order valence-electron chi connectivity index (χ2n) is 3.36. The molecule has 0 fully saturated rings. The molecule has 0 aromatic heterocycles. The van der Waals surface area contributed by atoms with Gasteiger partial charge >= 0.3 is 5.97 Å². The molecule has 0 aliphatic carbocycles. The van der Waals surface area contributed by atoms with Gasteiger partial charge in [0.15, 0.2) is 0 Å². The van der Waals surface area contributed by atoms with E-state index in [9.17, 15) is 4.79 Å². The number of carbonyl (C=O) groups is 1. The van der Waals surface area contributed by atoms with Gasteiger partial charge < -0.3 is 10.1 Å². The van der Waals surface area contributed by atoms with Crippen molar-refractivity contribution < 1.29 is 9.53 Å². The number of aryl methyl sites for hydroxylation is 1. The van der Waals surface area contributed by atoms with Gasteiger partial charge in [-0.2, -0.15) is 0 Å². The number of methoxy groups -OCH3 is 1. The van der Waals surface area contributed by atoms with Crippen LogP contribution in [-0.4, -0.2) is 19.6 Å². The smallest absolute Gasteiger partial charge is 0.339 e. The van der Waals surface area contributed by atoms with Gasteiger partial charge in [-0.05, 0) is 24.5 Å². The molecule has 0 spiro atoms. The number of hydrogen-bond donors (Lipinski definition) is 1. The number of fused-ring (bicyclic) bond motifs is 1.